The van der Waals surface area contributed by atoms with Gasteiger partial charge in [0.25, 0.3) is 0 Å². The van der Waals surface area contributed by atoms with Gasteiger partial charge in [0.05, 0.1) is 0 Å². The second kappa shape index (κ2) is 8.15. The highest BCUT2D eigenvalue weighted by Gasteiger charge is 2.32. The Balaban J connectivity index is 2.66. The van der Waals surface area contributed by atoms with Gasteiger partial charge in [-0.2, -0.15) is 0 Å². The monoisotopic (exact) mass is 425 g/mol. The number of carbonyl (C=O) groups excluding carboxylic acids is 1. The molecule has 5 nitrogen and oxygen atoms in total. The lowest BCUT2D eigenvalue weighted by Gasteiger charge is -2.41. The van der Waals surface area contributed by atoms with Gasteiger partial charge in [0.15, 0.2) is 0 Å². The predicted molar refractivity (Wildman–Crippen MR) is 99.3 cm³/mol. The molecule has 1 fully saturated rings. The van der Waals surface area contributed by atoms with Crippen LogP contribution in [-0.4, -0.2) is 57.7 Å². The molecule has 1 heterocycles. The molecule has 0 bridgehead atoms. The maximum atomic E-state index is 12.3. The van der Waals surface area contributed by atoms with Gasteiger partial charge in [0, 0.05) is 29.1 Å². The molecule has 1 saturated heterocycles. The number of piperidine rings is 1. The average Bonchev–Trinajstić information content (AvgIpc) is 2.43. The van der Waals surface area contributed by atoms with Crippen molar-refractivity contribution in [3.8, 4) is 0 Å². The van der Waals surface area contributed by atoms with Gasteiger partial charge in [-0.25, -0.2) is 9.80 Å². The van der Waals surface area contributed by atoms with E-state index in [-0.39, 0.29) is 9.51 Å². The number of carbonyl (C=O) groups is 1. The zero-order valence-electron chi connectivity index (χ0n) is 14.9. The van der Waals surface area contributed by atoms with Crippen molar-refractivity contribution in [2.75, 3.05) is 26.7 Å². The van der Waals surface area contributed by atoms with E-state index in [0.29, 0.717) is 6.04 Å². The minimum Gasteiger partial charge on any atom is -0.444 e. The molecule has 1 N–H and O–H groups in total. The maximum Gasteiger partial charge on any atom is 0.410 e. The third-order valence-corrected chi connectivity index (χ3v) is 5.12. The molecule has 0 aromatic carbocycles. The molecular weight excluding hydrogens is 393 g/mol. The highest BCUT2D eigenvalue weighted by atomic mass is 127. The normalized spacial score (nSPS) is 22.5. The molecule has 2 unspecified atom stereocenters. The number of nitrogens with one attached hydrogen (secondary N) is 1. The third kappa shape index (κ3) is 6.58. The van der Waals surface area contributed by atoms with Crippen LogP contribution >= 0.6 is 22.6 Å². The molecule has 0 radical (unpaired) electrons. The standard InChI is InChI=1S/C16H32IN3O2/c1-7-16(5,17)12-20(18-6)13-9-8-10-19(11-13)14(21)22-15(2,3)4/h13,18H,7-12H2,1-6H3. The van der Waals surface area contributed by atoms with Crippen LogP contribution in [0.5, 0.6) is 0 Å². The summed E-state index contributed by atoms with van der Waals surface area (Å²) < 4.78 is 5.74. The molecule has 6 heteroatoms. The maximum absolute atomic E-state index is 12.3. The molecule has 0 aromatic rings. The highest BCUT2D eigenvalue weighted by Crippen LogP contribution is 2.26. The number of likely N-dealkylation sites (tertiary alicyclic amines) is 1. The van der Waals surface area contributed by atoms with Crippen LogP contribution < -0.4 is 5.43 Å². The number of hydrazine groups is 1. The van der Waals surface area contributed by atoms with Gasteiger partial charge in [-0.1, -0.05) is 29.5 Å². The van der Waals surface area contributed by atoms with Crippen molar-refractivity contribution in [1.29, 1.82) is 0 Å². The lowest BCUT2D eigenvalue weighted by Crippen LogP contribution is -2.56. The Morgan fingerprint density at radius 3 is 2.55 bits per heavy atom. The van der Waals surface area contributed by atoms with Crippen molar-refractivity contribution in [3.63, 3.8) is 0 Å². The fraction of sp³-hybridized carbons (Fsp3) is 0.938. The van der Waals surface area contributed by atoms with E-state index >= 15 is 0 Å². The molecule has 0 saturated carbocycles. The molecule has 1 amide bonds. The molecule has 130 valence electrons. The van der Waals surface area contributed by atoms with Crippen molar-refractivity contribution in [2.45, 2.75) is 68.9 Å². The van der Waals surface area contributed by atoms with Crippen LogP contribution in [0.2, 0.25) is 0 Å². The Morgan fingerprint density at radius 1 is 1.41 bits per heavy atom. The molecule has 1 aliphatic rings. The van der Waals surface area contributed by atoms with Gasteiger partial charge in [0.1, 0.15) is 5.60 Å². The molecule has 22 heavy (non-hydrogen) atoms. The van der Waals surface area contributed by atoms with Crippen LogP contribution in [0.3, 0.4) is 0 Å². The first-order valence-corrected chi connectivity index (χ1v) is 9.26. The number of hydrogen-bond donors (Lipinski definition) is 1. The summed E-state index contributed by atoms with van der Waals surface area (Å²) in [5, 5.41) is 2.28. The van der Waals surface area contributed by atoms with Crippen molar-refractivity contribution in [3.05, 3.63) is 0 Å². The number of hydrogen-bond acceptors (Lipinski definition) is 4. The Labute approximate surface area is 149 Å². The first-order valence-electron chi connectivity index (χ1n) is 8.19. The minimum absolute atomic E-state index is 0.194. The van der Waals surface area contributed by atoms with E-state index in [0.717, 1.165) is 38.9 Å². The smallest absolute Gasteiger partial charge is 0.410 e. The van der Waals surface area contributed by atoms with Gasteiger partial charge in [-0.3, -0.25) is 5.43 Å². The first-order chi connectivity index (χ1) is 10.1. The Morgan fingerprint density at radius 2 is 2.05 bits per heavy atom. The van der Waals surface area contributed by atoms with E-state index in [4.69, 9.17) is 4.74 Å². The fourth-order valence-electron chi connectivity index (χ4n) is 2.56. The van der Waals surface area contributed by atoms with Gasteiger partial charge in [-0.05, 0) is 54.0 Å². The summed E-state index contributed by atoms with van der Waals surface area (Å²) in [5.74, 6) is 0. The van der Waals surface area contributed by atoms with Gasteiger partial charge < -0.3 is 9.64 Å². The molecule has 0 aliphatic carbocycles. The van der Waals surface area contributed by atoms with Gasteiger partial charge >= 0.3 is 6.09 Å². The van der Waals surface area contributed by atoms with Crippen LogP contribution in [0.25, 0.3) is 0 Å². The molecule has 1 aliphatic heterocycles. The zero-order valence-corrected chi connectivity index (χ0v) is 17.1. The summed E-state index contributed by atoms with van der Waals surface area (Å²) in [6, 6.07) is 0.340. The second-order valence-corrected chi connectivity index (χ2v) is 9.95. The third-order valence-electron chi connectivity index (χ3n) is 4.01. The van der Waals surface area contributed by atoms with E-state index in [2.05, 4.69) is 46.9 Å². The van der Waals surface area contributed by atoms with E-state index in [1.807, 2.05) is 32.7 Å². The summed E-state index contributed by atoms with van der Waals surface area (Å²) in [5.41, 5.74) is 2.88. The molecule has 1 rings (SSSR count). The first kappa shape index (κ1) is 20.0. The average molecular weight is 425 g/mol. The largest absolute Gasteiger partial charge is 0.444 e. The Bertz CT molecular complexity index is 369. The Kier molecular flexibility index (Phi) is 7.39. The topological polar surface area (TPSA) is 44.8 Å². The summed E-state index contributed by atoms with van der Waals surface area (Å²) in [6.45, 7) is 12.7. The summed E-state index contributed by atoms with van der Waals surface area (Å²) in [4.78, 5) is 14.1. The lowest BCUT2D eigenvalue weighted by atomic mass is 10.0. The SMILES string of the molecule is CCC(C)(I)CN(NC)C1CCCN(C(=O)OC(C)(C)C)C1. The predicted octanol–water partition coefficient (Wildman–Crippen LogP) is 3.43. The molecule has 2 atom stereocenters. The number of alkyl halides is 1. The number of amides is 1. The van der Waals surface area contributed by atoms with Crippen molar-refractivity contribution in [2.24, 2.45) is 0 Å². The van der Waals surface area contributed by atoms with Crippen LogP contribution in [0.15, 0.2) is 0 Å². The second-order valence-electron chi connectivity index (χ2n) is 7.34. The van der Waals surface area contributed by atoms with E-state index in [9.17, 15) is 4.79 Å². The van der Waals surface area contributed by atoms with E-state index < -0.39 is 5.60 Å². The van der Waals surface area contributed by atoms with Crippen molar-refractivity contribution >= 4 is 28.7 Å². The van der Waals surface area contributed by atoms with E-state index in [1.54, 1.807) is 0 Å². The van der Waals surface area contributed by atoms with Gasteiger partial charge in [0.2, 0.25) is 0 Å². The van der Waals surface area contributed by atoms with Crippen molar-refractivity contribution < 1.29 is 9.53 Å². The minimum atomic E-state index is -0.435. The van der Waals surface area contributed by atoms with Crippen LogP contribution in [0.4, 0.5) is 4.79 Å². The zero-order chi connectivity index (χ0) is 17.0. The number of ether oxygens (including phenoxy) is 1. The summed E-state index contributed by atoms with van der Waals surface area (Å²) in [7, 11) is 1.97. The highest BCUT2D eigenvalue weighted by molar-refractivity contribution is 14.1. The summed E-state index contributed by atoms with van der Waals surface area (Å²) in [6.07, 6.45) is 3.05. The molecule has 0 spiro atoms. The number of rotatable bonds is 5. The van der Waals surface area contributed by atoms with Gasteiger partial charge in [-0.15, -0.1) is 0 Å². The lowest BCUT2D eigenvalue weighted by molar-refractivity contribution is 0.00460. The van der Waals surface area contributed by atoms with Crippen LogP contribution in [-0.2, 0) is 4.74 Å². The van der Waals surface area contributed by atoms with Crippen LogP contribution in [0, 0.1) is 0 Å². The van der Waals surface area contributed by atoms with Crippen LogP contribution in [0.1, 0.15) is 53.9 Å². The molecular formula is C16H32IN3O2. The molecule has 0 aromatic heterocycles. The summed E-state index contributed by atoms with van der Waals surface area (Å²) >= 11 is 2.52. The van der Waals surface area contributed by atoms with Crippen molar-refractivity contribution in [1.82, 2.24) is 15.3 Å². The Hall–Kier alpha value is -0.0800. The number of nitrogens with zero attached hydrogens (tertiary/aromatic N) is 2. The fourth-order valence-corrected chi connectivity index (χ4v) is 2.93. The number of halogens is 1. The van der Waals surface area contributed by atoms with E-state index in [1.165, 1.54) is 0 Å². The quantitative estimate of drug-likeness (QED) is 0.417.